The fourth-order valence-corrected chi connectivity index (χ4v) is 3.75. The minimum absolute atomic E-state index is 0.231. The molecule has 0 aliphatic carbocycles. The lowest BCUT2D eigenvalue weighted by molar-refractivity contribution is 0.0992. The number of fused-ring (bicyclic) bond motifs is 1. The molecule has 0 radical (unpaired) electrons. The van der Waals surface area contributed by atoms with Gasteiger partial charge in [-0.05, 0) is 18.2 Å². The molecule has 5 nitrogen and oxygen atoms in total. The van der Waals surface area contributed by atoms with Crippen molar-refractivity contribution in [2.75, 3.05) is 0 Å². The molecule has 0 aliphatic rings. The summed E-state index contributed by atoms with van der Waals surface area (Å²) in [6, 6.07) is 4.99. The number of rotatable bonds is 2. The van der Waals surface area contributed by atoms with Crippen LogP contribution in [0.4, 0.5) is 0 Å². The lowest BCUT2D eigenvalue weighted by Gasteiger charge is -2.02. The minimum atomic E-state index is -0.449. The highest BCUT2D eigenvalue weighted by molar-refractivity contribution is 7.17. The number of hydrogen-bond acceptors (Lipinski definition) is 3. The Labute approximate surface area is 145 Å². The number of halogens is 2. The molecule has 3 rings (SSSR count). The van der Waals surface area contributed by atoms with Crippen LogP contribution in [0.1, 0.15) is 10.5 Å². The number of thiazole rings is 1. The number of carbonyl (C=O) groups excluding carboxylic acids is 1. The van der Waals surface area contributed by atoms with E-state index < -0.39 is 5.91 Å². The lowest BCUT2D eigenvalue weighted by Crippen LogP contribution is -2.16. The van der Waals surface area contributed by atoms with Crippen molar-refractivity contribution in [2.24, 2.45) is 12.0 Å². The predicted octanol–water partition coefficient (Wildman–Crippen LogP) is 3.12. The molecule has 0 atom stereocenters. The normalized spacial score (nSPS) is 11.8. The van der Waals surface area contributed by atoms with Crippen LogP contribution in [0.25, 0.3) is 10.2 Å². The minimum Gasteiger partial charge on any atom is -0.303 e. The van der Waals surface area contributed by atoms with Crippen molar-refractivity contribution in [2.45, 2.75) is 6.54 Å². The molecule has 0 aliphatic heterocycles. The molecule has 8 heteroatoms. The molecular weight excluding hydrogens is 355 g/mol. The van der Waals surface area contributed by atoms with Crippen LogP contribution in [0.3, 0.4) is 0 Å². The number of aromatic nitrogens is 3. The number of amides is 1. The van der Waals surface area contributed by atoms with Crippen LogP contribution in [0, 0.1) is 12.3 Å². The number of benzene rings is 1. The van der Waals surface area contributed by atoms with Crippen LogP contribution in [0.2, 0.25) is 10.0 Å². The second kappa shape index (κ2) is 6.20. The first kappa shape index (κ1) is 15.8. The Kier molecular flexibility index (Phi) is 4.26. The quantitative estimate of drug-likeness (QED) is 0.656. The Morgan fingerprint density at radius 3 is 2.78 bits per heavy atom. The molecule has 3 aromatic rings. The van der Waals surface area contributed by atoms with E-state index in [2.05, 4.69) is 16.0 Å². The molecule has 0 N–H and O–H groups in total. The Morgan fingerprint density at radius 2 is 2.13 bits per heavy atom. The largest absolute Gasteiger partial charge is 0.303 e. The second-order valence-corrected chi connectivity index (χ2v) is 6.47. The first-order valence-electron chi connectivity index (χ1n) is 6.50. The first-order valence-corrected chi connectivity index (χ1v) is 8.08. The zero-order valence-electron chi connectivity index (χ0n) is 12.0. The average molecular weight is 365 g/mol. The Hall–Kier alpha value is -2.07. The maximum Gasteiger partial charge on any atom is 0.300 e. The maximum atomic E-state index is 12.3. The molecule has 0 saturated heterocycles. The summed E-state index contributed by atoms with van der Waals surface area (Å²) >= 11 is 13.7. The molecule has 0 fully saturated rings. The molecule has 2 aromatic heterocycles. The number of terminal acetylenes is 1. The molecule has 23 heavy (non-hydrogen) atoms. The fraction of sp³-hybridized carbons (Fsp3) is 0.133. The van der Waals surface area contributed by atoms with E-state index in [0.29, 0.717) is 20.4 Å². The summed E-state index contributed by atoms with van der Waals surface area (Å²) in [6.45, 7) is 0.231. The Morgan fingerprint density at radius 1 is 1.39 bits per heavy atom. The SMILES string of the molecule is C#CCn1c(=NC(=O)c2ccn(C)n2)sc2c(Cl)ccc(Cl)c21. The van der Waals surface area contributed by atoms with Crippen molar-refractivity contribution in [3.8, 4) is 12.3 Å². The smallest absolute Gasteiger partial charge is 0.300 e. The van der Waals surface area contributed by atoms with Gasteiger partial charge >= 0.3 is 0 Å². The van der Waals surface area contributed by atoms with Crippen molar-refractivity contribution >= 4 is 50.7 Å². The summed E-state index contributed by atoms with van der Waals surface area (Å²) in [5.41, 5.74) is 0.934. The van der Waals surface area contributed by atoms with Crippen LogP contribution >= 0.6 is 34.5 Å². The molecule has 116 valence electrons. The number of hydrogen-bond donors (Lipinski definition) is 0. The molecule has 0 saturated carbocycles. The Bertz CT molecular complexity index is 1020. The second-order valence-electron chi connectivity index (χ2n) is 4.67. The lowest BCUT2D eigenvalue weighted by atomic mass is 10.3. The molecular formula is C15H10Cl2N4OS. The van der Waals surface area contributed by atoms with Crippen molar-refractivity contribution in [3.63, 3.8) is 0 Å². The van der Waals surface area contributed by atoms with Crippen LogP contribution in [-0.4, -0.2) is 20.3 Å². The van der Waals surface area contributed by atoms with Gasteiger partial charge in [0.25, 0.3) is 5.91 Å². The van der Waals surface area contributed by atoms with E-state index in [1.54, 1.807) is 36.0 Å². The molecule has 2 heterocycles. The third-order valence-corrected chi connectivity index (χ3v) is 4.95. The first-order chi connectivity index (χ1) is 11.0. The van der Waals surface area contributed by atoms with Gasteiger partial charge in [0.1, 0.15) is 0 Å². The van der Waals surface area contributed by atoms with Gasteiger partial charge in [-0.25, -0.2) is 0 Å². The van der Waals surface area contributed by atoms with E-state index in [-0.39, 0.29) is 12.2 Å². The third kappa shape index (κ3) is 2.91. The summed E-state index contributed by atoms with van der Waals surface area (Å²) in [4.78, 5) is 16.8. The number of carbonyl (C=O) groups is 1. The zero-order valence-corrected chi connectivity index (χ0v) is 14.3. The van der Waals surface area contributed by atoms with E-state index in [9.17, 15) is 4.79 Å². The summed E-state index contributed by atoms with van der Waals surface area (Å²) in [5.74, 6) is 2.09. The maximum absolute atomic E-state index is 12.3. The van der Waals surface area contributed by atoms with Gasteiger partial charge in [0.2, 0.25) is 0 Å². The summed E-state index contributed by atoms with van der Waals surface area (Å²) in [7, 11) is 1.73. The average Bonchev–Trinajstić information content (AvgIpc) is 3.09. The van der Waals surface area contributed by atoms with Crippen LogP contribution in [-0.2, 0) is 13.6 Å². The topological polar surface area (TPSA) is 52.2 Å². The summed E-state index contributed by atoms with van der Waals surface area (Å²) < 4.78 is 3.98. The van der Waals surface area contributed by atoms with E-state index in [4.69, 9.17) is 29.6 Å². The van der Waals surface area contributed by atoms with Crippen LogP contribution in [0.5, 0.6) is 0 Å². The molecule has 0 spiro atoms. The third-order valence-electron chi connectivity index (χ3n) is 3.11. The van der Waals surface area contributed by atoms with E-state index in [0.717, 1.165) is 4.70 Å². The van der Waals surface area contributed by atoms with E-state index >= 15 is 0 Å². The summed E-state index contributed by atoms with van der Waals surface area (Å²) in [5, 5.41) is 5.08. The highest BCUT2D eigenvalue weighted by Crippen LogP contribution is 2.31. The van der Waals surface area contributed by atoms with Gasteiger partial charge in [-0.1, -0.05) is 40.5 Å². The number of aryl methyl sites for hydroxylation is 1. The van der Waals surface area contributed by atoms with Crippen molar-refractivity contribution in [1.29, 1.82) is 0 Å². The predicted molar refractivity (Wildman–Crippen MR) is 91.8 cm³/mol. The van der Waals surface area contributed by atoms with Gasteiger partial charge in [-0.3, -0.25) is 9.48 Å². The van der Waals surface area contributed by atoms with Gasteiger partial charge < -0.3 is 4.57 Å². The molecule has 0 unspecified atom stereocenters. The molecule has 1 amide bonds. The van der Waals surface area contributed by atoms with Gasteiger partial charge in [0.05, 0.1) is 26.8 Å². The van der Waals surface area contributed by atoms with Gasteiger partial charge in [-0.2, -0.15) is 10.1 Å². The Balaban J connectivity index is 2.25. The van der Waals surface area contributed by atoms with Crippen molar-refractivity contribution in [1.82, 2.24) is 14.3 Å². The highest BCUT2D eigenvalue weighted by Gasteiger charge is 2.14. The fourth-order valence-electron chi connectivity index (χ4n) is 2.11. The van der Waals surface area contributed by atoms with E-state index in [1.165, 1.54) is 16.0 Å². The van der Waals surface area contributed by atoms with Crippen molar-refractivity contribution < 1.29 is 4.79 Å². The van der Waals surface area contributed by atoms with Crippen LogP contribution < -0.4 is 4.80 Å². The monoisotopic (exact) mass is 364 g/mol. The molecule has 0 bridgehead atoms. The standard InChI is InChI=1S/C15H10Cl2N4OS/c1-3-7-21-12-9(16)4-5-10(17)13(12)23-15(21)18-14(22)11-6-8-20(2)19-11/h1,4-6,8H,7H2,2H3. The highest BCUT2D eigenvalue weighted by atomic mass is 35.5. The van der Waals surface area contributed by atoms with E-state index in [1.807, 2.05) is 0 Å². The van der Waals surface area contributed by atoms with Gasteiger partial charge in [-0.15, -0.1) is 6.42 Å². The summed E-state index contributed by atoms with van der Waals surface area (Å²) in [6.07, 6.45) is 7.11. The zero-order chi connectivity index (χ0) is 16.6. The van der Waals surface area contributed by atoms with Gasteiger partial charge in [0.15, 0.2) is 10.5 Å². The van der Waals surface area contributed by atoms with Crippen LogP contribution in [0.15, 0.2) is 29.4 Å². The van der Waals surface area contributed by atoms with Gasteiger partial charge in [0, 0.05) is 13.2 Å². The molecule has 1 aromatic carbocycles. The van der Waals surface area contributed by atoms with Crippen molar-refractivity contribution in [3.05, 3.63) is 44.9 Å². The number of nitrogens with zero attached hydrogens (tertiary/aromatic N) is 4.